The molecule has 0 spiro atoms. The van der Waals surface area contributed by atoms with Gasteiger partial charge >= 0.3 is 94.9 Å². The van der Waals surface area contributed by atoms with Gasteiger partial charge in [0.1, 0.15) is 0 Å². The Morgan fingerprint density at radius 1 is 0.562 bits per heavy atom. The van der Waals surface area contributed by atoms with Gasteiger partial charge in [-0.15, -0.1) is 0 Å². The molecule has 0 radical (unpaired) electrons. The Morgan fingerprint density at radius 2 is 0.781 bits per heavy atom. The second-order valence-electron chi connectivity index (χ2n) is 3.81. The number of carbonyl (C=O) groups excluding carboxylic acids is 6. The Kier molecular flexibility index (Phi) is 24.1. The monoisotopic (exact) mass is 492 g/mol. The molecule has 20 nitrogen and oxygen atoms in total. The molecule has 0 saturated carbocycles. The maximum absolute atomic E-state index is 10.9. The van der Waals surface area contributed by atoms with Gasteiger partial charge in [-0.3, -0.25) is 0 Å². The number of hydrogen-bond donors (Lipinski definition) is 2. The Labute approximate surface area is 218 Å². The molecule has 0 fully saturated rings. The fraction of sp³-hybridized carbons (Fsp3) is 0.200. The third kappa shape index (κ3) is 16.3. The third-order valence-electron chi connectivity index (χ3n) is 1.89. The molecule has 0 aliphatic carbocycles. The number of carbonyl (C=O) groups is 8. The number of hydroxylamine groups is 4. The van der Waals surface area contributed by atoms with E-state index >= 15 is 0 Å². The van der Waals surface area contributed by atoms with Crippen molar-refractivity contribution in [2.75, 3.05) is 13.1 Å². The molecule has 22 heteroatoms. The van der Waals surface area contributed by atoms with E-state index in [1.165, 1.54) is 0 Å². The zero-order valence-corrected chi connectivity index (χ0v) is 19.9. The van der Waals surface area contributed by atoms with E-state index in [-0.39, 0.29) is 70.1 Å². The van der Waals surface area contributed by atoms with Crippen molar-refractivity contribution in [2.24, 2.45) is 0 Å². The molecule has 32 heavy (non-hydrogen) atoms. The van der Waals surface area contributed by atoms with Crippen molar-refractivity contribution in [1.29, 1.82) is 0 Å². The molecule has 0 rings (SSSR count). The molecule has 0 heterocycles. The van der Waals surface area contributed by atoms with Gasteiger partial charge in [0.05, 0.1) is 13.1 Å². The number of rotatable bonds is 7. The van der Waals surface area contributed by atoms with Gasteiger partial charge in [-0.25, -0.2) is 28.8 Å². The molecule has 6 N–H and O–H groups in total. The Bertz CT molecular complexity index is 609. The first-order valence-corrected chi connectivity index (χ1v) is 6.17. The van der Waals surface area contributed by atoms with Crippen molar-refractivity contribution >= 4 is 47.8 Å². The van der Waals surface area contributed by atoms with Gasteiger partial charge < -0.3 is 60.3 Å². The summed E-state index contributed by atoms with van der Waals surface area (Å²) >= 11 is 0. The van der Waals surface area contributed by atoms with Crippen LogP contribution in [0.15, 0.2) is 0 Å². The molecule has 0 aromatic rings. The molecule has 0 saturated heterocycles. The molecular weight excluding hydrogens is 482 g/mol. The number of nitrogens with zero attached hydrogens (tertiary/aromatic N) is 2. The van der Waals surface area contributed by atoms with Gasteiger partial charge in [0, 0.05) is 10.5 Å². The quantitative estimate of drug-likeness (QED) is 0.189. The van der Waals surface area contributed by atoms with E-state index in [4.69, 9.17) is 10.2 Å². The van der Waals surface area contributed by atoms with Gasteiger partial charge in [-0.1, -0.05) is 0 Å². The predicted octanol–water partition coefficient (Wildman–Crippen LogP) is -14.5. The van der Waals surface area contributed by atoms with Crippen LogP contribution >= 0.6 is 0 Å². The number of carboxylic acid groups (broad SMARTS) is 4. The summed E-state index contributed by atoms with van der Waals surface area (Å²) in [6, 6.07) is 0. The van der Waals surface area contributed by atoms with Crippen molar-refractivity contribution in [3.63, 3.8) is 0 Å². The summed E-state index contributed by atoms with van der Waals surface area (Å²) in [5, 5.41) is 36.4. The summed E-state index contributed by atoms with van der Waals surface area (Å²) in [6.45, 7) is -2.38. The van der Waals surface area contributed by atoms with Crippen LogP contribution in [-0.4, -0.2) is 92.5 Å². The molecule has 0 unspecified atom stereocenters. The van der Waals surface area contributed by atoms with E-state index in [1.807, 2.05) is 0 Å². The van der Waals surface area contributed by atoms with Crippen LogP contribution in [0.1, 0.15) is 0 Å². The van der Waals surface area contributed by atoms with E-state index in [0.29, 0.717) is 0 Å². The normalized spacial score (nSPS) is 8.69. The van der Waals surface area contributed by atoms with Crippen LogP contribution in [0.2, 0.25) is 0 Å². The molecule has 0 atom stereocenters. The molecule has 0 aromatic heterocycles. The van der Waals surface area contributed by atoms with Gasteiger partial charge in [-0.05, 0) is 0 Å². The first kappa shape index (κ1) is 40.0. The smallest absolute Gasteiger partial charge is 0.539 e. The summed E-state index contributed by atoms with van der Waals surface area (Å²) in [6.07, 6.45) is 0. The van der Waals surface area contributed by atoms with Gasteiger partial charge in [0.15, 0.2) is 11.9 Å². The minimum Gasteiger partial charge on any atom is -0.539 e. The maximum Gasteiger partial charge on any atom is 1.00 e. The average molecular weight is 492 g/mol. The SMILES string of the molecule is O.O.O=C([O-])C(=O)ON(CCN(OC(=O)C(=O)O)OC(=O)C(=O)O)OC(=O)C(=O)[O-].[Na+].[Na+]. The van der Waals surface area contributed by atoms with Gasteiger partial charge in [-0.2, -0.15) is 0 Å². The summed E-state index contributed by atoms with van der Waals surface area (Å²) in [5.41, 5.74) is 0. The fourth-order valence-corrected chi connectivity index (χ4v) is 0.906. The topological polar surface area (TPSA) is 330 Å². The minimum absolute atomic E-state index is 0. The van der Waals surface area contributed by atoms with E-state index in [0.717, 1.165) is 0 Å². The van der Waals surface area contributed by atoms with Crippen molar-refractivity contribution in [3.05, 3.63) is 0 Å². The largest absolute Gasteiger partial charge is 1.00 e. The molecule has 0 aliphatic rings. The summed E-state index contributed by atoms with van der Waals surface area (Å²) in [4.78, 5) is 100. The second kappa shape index (κ2) is 19.3. The standard InChI is InChI=1S/C10H8N2O16.2Na.2H2O/c13-3(14)7(21)25-11(26-8(22)4(15)16)1-2-12(27-9(23)5(17)18)28-10(24)6(19)20;;;;/h1-2H2,(H,13,14)(H,15,16)(H,17,18)(H,19,20);;;2*1H2/q;2*+1;;/p-2. The summed E-state index contributed by atoms with van der Waals surface area (Å²) in [7, 11) is 0. The van der Waals surface area contributed by atoms with Gasteiger partial charge in [0.25, 0.3) is 0 Å². The molecule has 0 amide bonds. The molecule has 170 valence electrons. The van der Waals surface area contributed by atoms with Crippen molar-refractivity contribution in [2.45, 2.75) is 0 Å². The first-order valence-electron chi connectivity index (χ1n) is 6.17. The zero-order chi connectivity index (χ0) is 22.0. The Morgan fingerprint density at radius 3 is 0.969 bits per heavy atom. The van der Waals surface area contributed by atoms with Crippen molar-refractivity contribution < 1.29 is 148 Å². The van der Waals surface area contributed by atoms with E-state index in [1.54, 1.807) is 0 Å². The summed E-state index contributed by atoms with van der Waals surface area (Å²) < 4.78 is 0. The molecule has 0 aliphatic heterocycles. The molecule has 0 bridgehead atoms. The fourth-order valence-electron chi connectivity index (χ4n) is 0.906. The summed E-state index contributed by atoms with van der Waals surface area (Å²) in [5.74, 6) is -18.1. The van der Waals surface area contributed by atoms with Crippen LogP contribution in [0.4, 0.5) is 0 Å². The Hall–Kier alpha value is -2.40. The average Bonchev–Trinajstić information content (AvgIpc) is 2.58. The van der Waals surface area contributed by atoms with E-state index in [2.05, 4.69) is 19.4 Å². The van der Waals surface area contributed by atoms with Crippen LogP contribution in [-0.2, 0) is 57.7 Å². The van der Waals surface area contributed by atoms with Crippen LogP contribution in [0.25, 0.3) is 0 Å². The zero-order valence-electron chi connectivity index (χ0n) is 15.9. The van der Waals surface area contributed by atoms with Crippen LogP contribution in [0.3, 0.4) is 0 Å². The first-order chi connectivity index (χ1) is 12.8. The van der Waals surface area contributed by atoms with E-state index in [9.17, 15) is 48.6 Å². The van der Waals surface area contributed by atoms with Crippen molar-refractivity contribution in [1.82, 2.24) is 10.5 Å². The molecule has 0 aromatic carbocycles. The van der Waals surface area contributed by atoms with Crippen molar-refractivity contribution in [3.8, 4) is 0 Å². The third-order valence-corrected chi connectivity index (χ3v) is 1.89. The van der Waals surface area contributed by atoms with Crippen LogP contribution < -0.4 is 69.3 Å². The second-order valence-corrected chi connectivity index (χ2v) is 3.81. The van der Waals surface area contributed by atoms with Crippen LogP contribution in [0.5, 0.6) is 0 Å². The Balaban J connectivity index is -0.000000607. The predicted molar refractivity (Wildman–Crippen MR) is 70.3 cm³/mol. The van der Waals surface area contributed by atoms with Crippen LogP contribution in [0, 0.1) is 0 Å². The number of aliphatic carboxylic acids is 4. The maximum atomic E-state index is 10.9. The number of carboxylic acids is 4. The van der Waals surface area contributed by atoms with Gasteiger partial charge in [0.2, 0.25) is 0 Å². The minimum atomic E-state index is -2.49. The number of hydrogen-bond acceptors (Lipinski definition) is 16. The van der Waals surface area contributed by atoms with E-state index < -0.39 is 71.3 Å². The molecular formula is C10H10N2Na2O18.